The molecule has 0 aliphatic rings. The molecule has 0 bridgehead atoms. The predicted octanol–water partition coefficient (Wildman–Crippen LogP) is 5.07. The van der Waals surface area contributed by atoms with Crippen LogP contribution in [-0.2, 0) is 36.8 Å². The third-order valence-corrected chi connectivity index (χ3v) is 6.09. The predicted molar refractivity (Wildman–Crippen MR) is 135 cm³/mol. The standard InChI is InChI=1S/C28H25F4N3O4/c29-24-6-2-1-5-20(24)16-17-34-25(7-3-4-19-8-14-23(15-9-19)39-18-26(36)37)33-35(27(34)38)22-12-10-21(11-13-22)28(30,31)32/h1-2,5-6,8-15H,3-4,7,16-18H2,(H,36,37). The summed E-state index contributed by atoms with van der Waals surface area (Å²) in [4.78, 5) is 23.9. The number of ether oxygens (including phenoxy) is 1. The summed E-state index contributed by atoms with van der Waals surface area (Å²) in [6.45, 7) is -0.295. The van der Waals surface area contributed by atoms with Crippen LogP contribution in [0, 0.1) is 5.82 Å². The van der Waals surface area contributed by atoms with E-state index >= 15 is 0 Å². The monoisotopic (exact) mass is 543 g/mol. The van der Waals surface area contributed by atoms with Gasteiger partial charge in [0.1, 0.15) is 17.4 Å². The number of halogens is 4. The minimum absolute atomic E-state index is 0.144. The summed E-state index contributed by atoms with van der Waals surface area (Å²) in [5.74, 6) is -0.607. The zero-order valence-corrected chi connectivity index (χ0v) is 20.7. The summed E-state index contributed by atoms with van der Waals surface area (Å²) >= 11 is 0. The molecule has 0 fully saturated rings. The van der Waals surface area contributed by atoms with Crippen molar-refractivity contribution in [2.45, 2.75) is 38.4 Å². The second kappa shape index (κ2) is 12.0. The Labute approximate surface area is 220 Å². The SMILES string of the molecule is O=C(O)COc1ccc(CCCc2nn(-c3ccc(C(F)(F)F)cc3)c(=O)n2CCc2ccccc2F)cc1. The van der Waals surface area contributed by atoms with E-state index in [-0.39, 0.29) is 18.7 Å². The highest BCUT2D eigenvalue weighted by molar-refractivity contribution is 5.68. The van der Waals surface area contributed by atoms with Crippen LogP contribution in [0.15, 0.2) is 77.6 Å². The van der Waals surface area contributed by atoms with Crippen LogP contribution < -0.4 is 10.4 Å². The number of aryl methyl sites for hydroxylation is 3. The van der Waals surface area contributed by atoms with Gasteiger partial charge in [-0.2, -0.15) is 17.9 Å². The third-order valence-electron chi connectivity index (χ3n) is 6.09. The van der Waals surface area contributed by atoms with E-state index in [1.165, 1.54) is 22.8 Å². The highest BCUT2D eigenvalue weighted by Gasteiger charge is 2.30. The summed E-state index contributed by atoms with van der Waals surface area (Å²) in [6.07, 6.45) is -2.67. The van der Waals surface area contributed by atoms with E-state index in [9.17, 15) is 27.2 Å². The van der Waals surface area contributed by atoms with Gasteiger partial charge in [-0.25, -0.2) is 14.0 Å². The zero-order valence-electron chi connectivity index (χ0n) is 20.7. The minimum Gasteiger partial charge on any atom is -0.482 e. The Morgan fingerprint density at radius 2 is 1.62 bits per heavy atom. The van der Waals surface area contributed by atoms with Gasteiger partial charge in [0.15, 0.2) is 6.61 Å². The maximum absolute atomic E-state index is 14.2. The van der Waals surface area contributed by atoms with Gasteiger partial charge in [0, 0.05) is 13.0 Å². The fourth-order valence-corrected chi connectivity index (χ4v) is 4.09. The first-order chi connectivity index (χ1) is 18.6. The maximum Gasteiger partial charge on any atom is 0.416 e. The minimum atomic E-state index is -4.51. The topological polar surface area (TPSA) is 86.3 Å². The summed E-state index contributed by atoms with van der Waals surface area (Å²) in [5, 5.41) is 13.1. The highest BCUT2D eigenvalue weighted by atomic mass is 19.4. The summed E-state index contributed by atoms with van der Waals surface area (Å²) in [6, 6.07) is 17.4. The van der Waals surface area contributed by atoms with E-state index in [2.05, 4.69) is 5.10 Å². The molecule has 0 unspecified atom stereocenters. The average molecular weight is 544 g/mol. The highest BCUT2D eigenvalue weighted by Crippen LogP contribution is 2.29. The van der Waals surface area contributed by atoms with Crippen LogP contribution in [0.1, 0.15) is 28.9 Å². The lowest BCUT2D eigenvalue weighted by Crippen LogP contribution is -2.25. The Morgan fingerprint density at radius 3 is 2.26 bits per heavy atom. The Kier molecular flexibility index (Phi) is 8.48. The van der Waals surface area contributed by atoms with E-state index in [1.54, 1.807) is 30.3 Å². The van der Waals surface area contributed by atoms with Crippen molar-refractivity contribution in [1.29, 1.82) is 0 Å². The van der Waals surface area contributed by atoms with Crippen molar-refractivity contribution >= 4 is 5.97 Å². The molecule has 0 atom stereocenters. The van der Waals surface area contributed by atoms with Crippen LogP contribution in [0.4, 0.5) is 17.6 Å². The number of carboxylic acid groups (broad SMARTS) is 1. The average Bonchev–Trinajstić information content (AvgIpc) is 3.22. The van der Waals surface area contributed by atoms with Gasteiger partial charge in [-0.3, -0.25) is 4.57 Å². The molecule has 0 aliphatic carbocycles. The van der Waals surface area contributed by atoms with Crippen molar-refractivity contribution in [2.24, 2.45) is 0 Å². The molecular weight excluding hydrogens is 518 g/mol. The van der Waals surface area contributed by atoms with E-state index < -0.39 is 35.8 Å². The van der Waals surface area contributed by atoms with Gasteiger partial charge in [-0.1, -0.05) is 30.3 Å². The first kappa shape index (κ1) is 27.6. The Bertz CT molecular complexity index is 1480. The largest absolute Gasteiger partial charge is 0.482 e. The van der Waals surface area contributed by atoms with Crippen molar-refractivity contribution in [2.75, 3.05) is 6.61 Å². The van der Waals surface area contributed by atoms with Crippen LogP contribution in [0.2, 0.25) is 0 Å². The zero-order chi connectivity index (χ0) is 28.0. The number of hydrogen-bond acceptors (Lipinski definition) is 4. The van der Waals surface area contributed by atoms with Gasteiger partial charge in [0.25, 0.3) is 0 Å². The van der Waals surface area contributed by atoms with Gasteiger partial charge >= 0.3 is 17.8 Å². The molecule has 0 saturated carbocycles. The molecule has 0 spiro atoms. The number of alkyl halides is 3. The van der Waals surface area contributed by atoms with Crippen LogP contribution in [0.25, 0.3) is 5.69 Å². The van der Waals surface area contributed by atoms with Crippen LogP contribution in [0.5, 0.6) is 5.75 Å². The number of benzene rings is 3. The number of carbonyl (C=O) groups is 1. The summed E-state index contributed by atoms with van der Waals surface area (Å²) in [7, 11) is 0. The van der Waals surface area contributed by atoms with Gasteiger partial charge < -0.3 is 9.84 Å². The van der Waals surface area contributed by atoms with Crippen molar-refractivity contribution in [1.82, 2.24) is 14.3 Å². The number of rotatable bonds is 11. The first-order valence-electron chi connectivity index (χ1n) is 12.1. The van der Waals surface area contributed by atoms with Crippen LogP contribution in [0.3, 0.4) is 0 Å². The molecule has 3 aromatic carbocycles. The number of aromatic nitrogens is 3. The van der Waals surface area contributed by atoms with Crippen LogP contribution in [-0.4, -0.2) is 32.0 Å². The molecule has 1 aromatic heterocycles. The van der Waals surface area contributed by atoms with Gasteiger partial charge in [-0.05, 0) is 72.9 Å². The smallest absolute Gasteiger partial charge is 0.416 e. The second-order valence-electron chi connectivity index (χ2n) is 8.83. The molecule has 1 N–H and O–H groups in total. The molecule has 204 valence electrons. The number of aliphatic carboxylic acids is 1. The van der Waals surface area contributed by atoms with E-state index in [4.69, 9.17) is 9.84 Å². The van der Waals surface area contributed by atoms with Gasteiger partial charge in [0.05, 0.1) is 11.3 Å². The summed E-state index contributed by atoms with van der Waals surface area (Å²) < 4.78 is 60.7. The molecule has 0 radical (unpaired) electrons. The molecule has 39 heavy (non-hydrogen) atoms. The lowest BCUT2D eigenvalue weighted by Gasteiger charge is -2.07. The first-order valence-corrected chi connectivity index (χ1v) is 12.1. The molecule has 0 saturated heterocycles. The molecule has 0 amide bonds. The van der Waals surface area contributed by atoms with Crippen molar-refractivity contribution in [3.05, 3.63) is 112 Å². The quantitative estimate of drug-likeness (QED) is 0.267. The van der Waals surface area contributed by atoms with E-state index in [0.29, 0.717) is 36.4 Å². The van der Waals surface area contributed by atoms with E-state index in [0.717, 1.165) is 22.4 Å². The third kappa shape index (κ3) is 7.13. The van der Waals surface area contributed by atoms with E-state index in [1.807, 2.05) is 12.1 Å². The molecule has 7 nitrogen and oxygen atoms in total. The molecule has 0 aliphatic heterocycles. The Balaban J connectivity index is 1.53. The molecular formula is C28H25F4N3O4. The molecule has 4 rings (SSSR count). The van der Waals surface area contributed by atoms with Crippen molar-refractivity contribution in [3.63, 3.8) is 0 Å². The summed E-state index contributed by atoms with van der Waals surface area (Å²) in [5.41, 5.74) is 0.220. The maximum atomic E-state index is 14.2. The van der Waals surface area contributed by atoms with Crippen molar-refractivity contribution in [3.8, 4) is 11.4 Å². The van der Waals surface area contributed by atoms with Crippen LogP contribution >= 0.6 is 0 Å². The van der Waals surface area contributed by atoms with Gasteiger partial charge in [-0.15, -0.1) is 5.10 Å². The molecule has 1 heterocycles. The van der Waals surface area contributed by atoms with Crippen molar-refractivity contribution < 1.29 is 32.2 Å². The molecule has 11 heteroatoms. The number of hydrogen-bond donors (Lipinski definition) is 1. The fourth-order valence-electron chi connectivity index (χ4n) is 4.09. The number of carboxylic acids is 1. The lowest BCUT2D eigenvalue weighted by molar-refractivity contribution is -0.139. The fraction of sp³-hybridized carbons (Fsp3) is 0.250. The Morgan fingerprint density at radius 1 is 0.923 bits per heavy atom. The molecule has 4 aromatic rings. The lowest BCUT2D eigenvalue weighted by atomic mass is 10.1. The normalized spacial score (nSPS) is 11.5. The number of nitrogens with zero attached hydrogens (tertiary/aromatic N) is 3. The Hall–Kier alpha value is -4.41. The second-order valence-corrected chi connectivity index (χ2v) is 8.83. The van der Waals surface area contributed by atoms with Gasteiger partial charge in [0.2, 0.25) is 0 Å².